The largest absolute Gasteiger partial charge is 0.493 e. The number of ether oxygens (including phenoxy) is 2. The molecule has 0 atom stereocenters. The van der Waals surface area contributed by atoms with Gasteiger partial charge in [-0.2, -0.15) is 0 Å². The summed E-state index contributed by atoms with van der Waals surface area (Å²) in [6.07, 6.45) is 2.83. The number of rotatable bonds is 9. The molecule has 25 heavy (non-hydrogen) atoms. The lowest BCUT2D eigenvalue weighted by atomic mass is 10.1. The number of nitrogens with zero attached hydrogens (tertiary/aromatic N) is 1. The van der Waals surface area contributed by atoms with Crippen molar-refractivity contribution in [2.24, 2.45) is 10.7 Å². The van der Waals surface area contributed by atoms with Gasteiger partial charge in [-0.05, 0) is 48.4 Å². The Bertz CT molecular complexity index is 648. The van der Waals surface area contributed by atoms with Crippen LogP contribution in [0.5, 0.6) is 11.5 Å². The molecule has 7 heteroatoms. The predicted octanol–water partition coefficient (Wildman–Crippen LogP) is 3.46. The summed E-state index contributed by atoms with van der Waals surface area (Å²) in [4.78, 5) is 5.72. The molecule has 0 amide bonds. The SMILES string of the molecule is COc1ccc(CCCN=C(N)NCCc2cccs2)cc1OC.I. The Morgan fingerprint density at radius 2 is 1.96 bits per heavy atom. The third-order valence-corrected chi connectivity index (χ3v) is 4.55. The number of aryl methyl sites for hydroxylation is 1. The van der Waals surface area contributed by atoms with E-state index < -0.39 is 0 Å². The van der Waals surface area contributed by atoms with Crippen LogP contribution in [0.25, 0.3) is 0 Å². The van der Waals surface area contributed by atoms with Crippen molar-refractivity contribution in [3.63, 3.8) is 0 Å². The zero-order valence-corrected chi connectivity index (χ0v) is 17.8. The van der Waals surface area contributed by atoms with Gasteiger partial charge < -0.3 is 20.5 Å². The van der Waals surface area contributed by atoms with Crippen LogP contribution in [0.4, 0.5) is 0 Å². The molecule has 0 saturated carbocycles. The van der Waals surface area contributed by atoms with Crippen molar-refractivity contribution in [2.45, 2.75) is 19.3 Å². The van der Waals surface area contributed by atoms with Gasteiger partial charge in [-0.3, -0.25) is 4.99 Å². The number of thiophene rings is 1. The minimum absolute atomic E-state index is 0. The number of benzene rings is 1. The fraction of sp³-hybridized carbons (Fsp3) is 0.389. The van der Waals surface area contributed by atoms with Crippen LogP contribution in [0.1, 0.15) is 16.9 Å². The number of halogens is 1. The zero-order chi connectivity index (χ0) is 17.2. The standard InChI is InChI=1S/C18H25N3O2S.HI/c1-22-16-8-7-14(13-17(16)23-2)5-3-10-20-18(19)21-11-9-15-6-4-12-24-15;/h4,6-8,12-13H,3,5,9-11H2,1-2H3,(H3,19,20,21);1H. The predicted molar refractivity (Wildman–Crippen MR) is 116 cm³/mol. The van der Waals surface area contributed by atoms with Gasteiger partial charge in [-0.1, -0.05) is 12.1 Å². The lowest BCUT2D eigenvalue weighted by Crippen LogP contribution is -2.33. The molecular weight excluding hydrogens is 449 g/mol. The van der Waals surface area contributed by atoms with E-state index in [1.54, 1.807) is 25.6 Å². The molecule has 1 heterocycles. The zero-order valence-electron chi connectivity index (χ0n) is 14.7. The van der Waals surface area contributed by atoms with Crippen molar-refractivity contribution in [1.29, 1.82) is 0 Å². The smallest absolute Gasteiger partial charge is 0.188 e. The molecule has 0 spiro atoms. The topological polar surface area (TPSA) is 68.9 Å². The molecule has 0 aliphatic rings. The van der Waals surface area contributed by atoms with Crippen molar-refractivity contribution >= 4 is 41.3 Å². The highest BCUT2D eigenvalue weighted by molar-refractivity contribution is 14.0. The van der Waals surface area contributed by atoms with Gasteiger partial charge in [0.2, 0.25) is 0 Å². The van der Waals surface area contributed by atoms with Crippen LogP contribution in [-0.2, 0) is 12.8 Å². The quantitative estimate of drug-likeness (QED) is 0.252. The maximum Gasteiger partial charge on any atom is 0.188 e. The first-order chi connectivity index (χ1) is 11.7. The molecule has 0 aliphatic heterocycles. The maximum absolute atomic E-state index is 5.88. The van der Waals surface area contributed by atoms with Crippen LogP contribution in [0, 0.1) is 0 Å². The molecule has 0 unspecified atom stereocenters. The first-order valence-electron chi connectivity index (χ1n) is 8.00. The van der Waals surface area contributed by atoms with Crippen molar-refractivity contribution < 1.29 is 9.47 Å². The van der Waals surface area contributed by atoms with Crippen LogP contribution in [0.3, 0.4) is 0 Å². The van der Waals surface area contributed by atoms with Gasteiger partial charge in [0.1, 0.15) is 0 Å². The summed E-state index contributed by atoms with van der Waals surface area (Å²) in [6, 6.07) is 10.2. The number of hydrogen-bond acceptors (Lipinski definition) is 4. The monoisotopic (exact) mass is 475 g/mol. The molecule has 0 aliphatic carbocycles. The van der Waals surface area contributed by atoms with Crippen molar-refractivity contribution in [3.05, 3.63) is 46.2 Å². The van der Waals surface area contributed by atoms with Crippen LogP contribution in [-0.4, -0.2) is 33.3 Å². The summed E-state index contributed by atoms with van der Waals surface area (Å²) in [5, 5.41) is 5.24. The van der Waals surface area contributed by atoms with E-state index in [2.05, 4.69) is 27.8 Å². The molecule has 5 nitrogen and oxygen atoms in total. The highest BCUT2D eigenvalue weighted by Crippen LogP contribution is 2.27. The van der Waals surface area contributed by atoms with Crippen molar-refractivity contribution in [3.8, 4) is 11.5 Å². The lowest BCUT2D eigenvalue weighted by molar-refractivity contribution is 0.354. The van der Waals surface area contributed by atoms with Gasteiger partial charge in [-0.15, -0.1) is 35.3 Å². The van der Waals surface area contributed by atoms with E-state index in [1.165, 1.54) is 10.4 Å². The van der Waals surface area contributed by atoms with E-state index in [0.717, 1.165) is 37.3 Å². The van der Waals surface area contributed by atoms with Crippen LogP contribution in [0.2, 0.25) is 0 Å². The van der Waals surface area contributed by atoms with Crippen LogP contribution in [0.15, 0.2) is 40.7 Å². The van der Waals surface area contributed by atoms with Gasteiger partial charge in [-0.25, -0.2) is 0 Å². The van der Waals surface area contributed by atoms with Crippen molar-refractivity contribution in [1.82, 2.24) is 5.32 Å². The Morgan fingerprint density at radius 1 is 1.16 bits per heavy atom. The lowest BCUT2D eigenvalue weighted by Gasteiger charge is -2.09. The Balaban J connectivity index is 0.00000312. The molecule has 1 aromatic heterocycles. The highest BCUT2D eigenvalue weighted by atomic mass is 127. The Morgan fingerprint density at radius 3 is 2.64 bits per heavy atom. The number of nitrogens with two attached hydrogens (primary N) is 1. The first-order valence-corrected chi connectivity index (χ1v) is 8.88. The summed E-state index contributed by atoms with van der Waals surface area (Å²) in [5.41, 5.74) is 7.08. The van der Waals surface area contributed by atoms with E-state index >= 15 is 0 Å². The van der Waals surface area contributed by atoms with E-state index in [-0.39, 0.29) is 24.0 Å². The first kappa shape index (κ1) is 21.6. The average Bonchev–Trinajstić information content (AvgIpc) is 3.12. The fourth-order valence-electron chi connectivity index (χ4n) is 2.34. The van der Waals surface area contributed by atoms with Gasteiger partial charge >= 0.3 is 0 Å². The molecule has 0 fully saturated rings. The Hall–Kier alpha value is -1.48. The molecule has 0 saturated heterocycles. The maximum atomic E-state index is 5.88. The summed E-state index contributed by atoms with van der Waals surface area (Å²) in [5.74, 6) is 2.02. The normalized spacial score (nSPS) is 10.9. The van der Waals surface area contributed by atoms with Gasteiger partial charge in [0.15, 0.2) is 17.5 Å². The van der Waals surface area contributed by atoms with E-state index in [9.17, 15) is 0 Å². The second kappa shape index (κ2) is 12.0. The van der Waals surface area contributed by atoms with Gasteiger partial charge in [0.05, 0.1) is 14.2 Å². The number of methoxy groups -OCH3 is 2. The Labute approximate surface area is 170 Å². The third kappa shape index (κ3) is 7.52. The second-order valence-electron chi connectivity index (χ2n) is 5.32. The highest BCUT2D eigenvalue weighted by Gasteiger charge is 2.04. The van der Waals surface area contributed by atoms with Crippen LogP contribution < -0.4 is 20.5 Å². The molecule has 0 bridgehead atoms. The molecule has 3 N–H and O–H groups in total. The van der Waals surface area contributed by atoms with E-state index in [0.29, 0.717) is 12.5 Å². The van der Waals surface area contributed by atoms with Crippen molar-refractivity contribution in [2.75, 3.05) is 27.3 Å². The summed E-state index contributed by atoms with van der Waals surface area (Å²) in [6.45, 7) is 1.51. The number of aliphatic imine (C=N–C) groups is 1. The van der Waals surface area contributed by atoms with Gasteiger partial charge in [0.25, 0.3) is 0 Å². The third-order valence-electron chi connectivity index (χ3n) is 3.61. The summed E-state index contributed by atoms with van der Waals surface area (Å²) < 4.78 is 10.6. The molecule has 138 valence electrons. The summed E-state index contributed by atoms with van der Waals surface area (Å²) >= 11 is 1.76. The number of hydrogen-bond donors (Lipinski definition) is 2. The minimum atomic E-state index is 0. The average molecular weight is 475 g/mol. The number of nitrogens with one attached hydrogen (secondary N) is 1. The van der Waals surface area contributed by atoms with Gasteiger partial charge in [0, 0.05) is 18.0 Å². The van der Waals surface area contributed by atoms with Crippen LogP contribution >= 0.6 is 35.3 Å². The molecule has 0 radical (unpaired) electrons. The van der Waals surface area contributed by atoms with E-state index in [4.69, 9.17) is 15.2 Å². The molecular formula is C18H26IN3O2S. The molecule has 2 rings (SSSR count). The summed E-state index contributed by atoms with van der Waals surface area (Å²) in [7, 11) is 3.29. The Kier molecular flexibility index (Phi) is 10.3. The van der Waals surface area contributed by atoms with E-state index in [1.807, 2.05) is 18.2 Å². The fourth-order valence-corrected chi connectivity index (χ4v) is 3.05. The molecule has 1 aromatic carbocycles. The number of guanidine groups is 1. The molecule has 2 aromatic rings. The second-order valence-corrected chi connectivity index (χ2v) is 6.35. The minimum Gasteiger partial charge on any atom is -0.493 e.